The molecule has 0 heterocycles. The minimum atomic E-state index is -0.390. The summed E-state index contributed by atoms with van der Waals surface area (Å²) in [6.07, 6.45) is 10.3. The highest BCUT2D eigenvalue weighted by Crippen LogP contribution is 2.62. The SMILES string of the molecule is C=CCC1=C(C)C(OC(=O)C2C(C=C(C)C)C2(C)C)CC1=O.C=CCC1=C(C)C(OC(=O)C2C(C=C(C)C)C2(C)C)CC1=O.CC1(C)C(C=C(Cl)Cl)C1C(=O)OCc1cccc(Oc2ccccc2)c1. The van der Waals surface area contributed by atoms with Gasteiger partial charge in [0.15, 0.2) is 11.6 Å². The molecule has 0 bridgehead atoms. The lowest BCUT2D eigenvalue weighted by Gasteiger charge is -2.13. The fourth-order valence-corrected chi connectivity index (χ4v) is 10.3. The number of allylic oxidation sites excluding steroid dienone is 9. The number of esters is 3. The number of benzene rings is 2. The third-order valence-corrected chi connectivity index (χ3v) is 14.9. The minimum absolute atomic E-state index is 0.00717. The van der Waals surface area contributed by atoms with Gasteiger partial charge >= 0.3 is 17.9 Å². The summed E-state index contributed by atoms with van der Waals surface area (Å²) in [5.41, 5.74) is 6.27. The molecular weight excluding hydrogens is 924 g/mol. The van der Waals surface area contributed by atoms with E-state index in [1.165, 1.54) is 11.1 Å². The van der Waals surface area contributed by atoms with Gasteiger partial charge in [0.05, 0.1) is 30.6 Å². The van der Waals surface area contributed by atoms with Crippen molar-refractivity contribution in [1.82, 2.24) is 0 Å². The Balaban J connectivity index is 0.000000197. The van der Waals surface area contributed by atoms with E-state index in [2.05, 4.69) is 53.0 Å². The number of ether oxygens (including phenoxy) is 4. The number of hydrogen-bond acceptors (Lipinski definition) is 9. The summed E-state index contributed by atoms with van der Waals surface area (Å²) in [4.78, 5) is 61.3. The molecule has 8 unspecified atom stereocenters. The molecule has 0 aliphatic heterocycles. The van der Waals surface area contributed by atoms with E-state index < -0.39 is 12.2 Å². The molecule has 376 valence electrons. The molecule has 0 radical (unpaired) electrons. The molecule has 8 atom stereocenters. The summed E-state index contributed by atoms with van der Waals surface area (Å²) in [5, 5.41) is 0. The molecule has 3 saturated carbocycles. The molecule has 2 aromatic carbocycles. The van der Waals surface area contributed by atoms with Crippen molar-refractivity contribution in [2.45, 2.75) is 128 Å². The molecule has 7 rings (SSSR count). The third-order valence-electron chi connectivity index (χ3n) is 14.6. The van der Waals surface area contributed by atoms with Crippen LogP contribution in [-0.4, -0.2) is 41.7 Å². The second-order valence-corrected chi connectivity index (χ2v) is 22.5. The highest BCUT2D eigenvalue weighted by molar-refractivity contribution is 6.55. The molecule has 9 nitrogen and oxygen atoms in total. The summed E-state index contributed by atoms with van der Waals surface area (Å²) in [6.45, 7) is 31.9. The van der Waals surface area contributed by atoms with Crippen LogP contribution in [0.5, 0.6) is 11.5 Å². The van der Waals surface area contributed by atoms with Gasteiger partial charge in [-0.25, -0.2) is 0 Å². The summed E-state index contributed by atoms with van der Waals surface area (Å²) in [6, 6.07) is 17.0. The Morgan fingerprint density at radius 1 is 0.614 bits per heavy atom. The molecule has 0 aromatic heterocycles. The molecular formula is C59H72Cl2O9. The van der Waals surface area contributed by atoms with E-state index in [0.29, 0.717) is 18.6 Å². The Hall–Kier alpha value is -5.25. The number of Topliss-reactive ketones (excluding diaryl/α,β-unsaturated/α-hetero) is 2. The largest absolute Gasteiger partial charge is 0.461 e. The van der Waals surface area contributed by atoms with Crippen LogP contribution in [0.3, 0.4) is 0 Å². The fourth-order valence-electron chi connectivity index (χ4n) is 9.98. The monoisotopic (exact) mass is 994 g/mol. The Kier molecular flexibility index (Phi) is 18.2. The van der Waals surface area contributed by atoms with Crippen LogP contribution in [0.25, 0.3) is 0 Å². The van der Waals surface area contributed by atoms with Crippen molar-refractivity contribution in [1.29, 1.82) is 0 Å². The molecule has 2 aromatic rings. The second kappa shape index (κ2) is 22.9. The topological polar surface area (TPSA) is 122 Å². The molecule has 5 aliphatic carbocycles. The van der Waals surface area contributed by atoms with Crippen molar-refractivity contribution in [2.75, 3.05) is 0 Å². The van der Waals surface area contributed by atoms with Crippen molar-refractivity contribution in [3.05, 3.63) is 142 Å². The quantitative estimate of drug-likeness (QED) is 0.0919. The van der Waals surface area contributed by atoms with E-state index >= 15 is 0 Å². The maximum atomic E-state index is 12.5. The van der Waals surface area contributed by atoms with Crippen molar-refractivity contribution >= 4 is 52.7 Å². The first kappa shape index (κ1) is 55.7. The van der Waals surface area contributed by atoms with E-state index in [9.17, 15) is 24.0 Å². The van der Waals surface area contributed by atoms with Crippen LogP contribution < -0.4 is 4.74 Å². The average Bonchev–Trinajstić information content (AvgIpc) is 4.09. The number of carbonyl (C=O) groups is 5. The van der Waals surface area contributed by atoms with Crippen LogP contribution in [-0.2, 0) is 44.8 Å². The van der Waals surface area contributed by atoms with Gasteiger partial charge in [-0.1, -0.05) is 131 Å². The Labute approximate surface area is 426 Å². The summed E-state index contributed by atoms with van der Waals surface area (Å²) in [7, 11) is 0. The molecule has 5 aliphatic rings. The van der Waals surface area contributed by atoms with Crippen LogP contribution in [0, 0.1) is 51.8 Å². The average molecular weight is 996 g/mol. The lowest BCUT2D eigenvalue weighted by atomic mass is 10.1. The normalized spacial score (nSPS) is 25.9. The van der Waals surface area contributed by atoms with Gasteiger partial charge in [-0.05, 0) is 135 Å². The van der Waals surface area contributed by atoms with Gasteiger partial charge in [0.1, 0.15) is 34.8 Å². The Morgan fingerprint density at radius 3 is 1.44 bits per heavy atom. The number of hydrogen-bond donors (Lipinski definition) is 0. The summed E-state index contributed by atoms with van der Waals surface area (Å²) in [5.74, 6) is 1.07. The lowest BCUT2D eigenvalue weighted by molar-refractivity contribution is -0.151. The van der Waals surface area contributed by atoms with Gasteiger partial charge in [-0.2, -0.15) is 0 Å². The van der Waals surface area contributed by atoms with Gasteiger partial charge in [0, 0.05) is 11.1 Å². The highest BCUT2D eigenvalue weighted by atomic mass is 35.5. The highest BCUT2D eigenvalue weighted by Gasteiger charge is 2.63. The van der Waals surface area contributed by atoms with Gasteiger partial charge < -0.3 is 18.9 Å². The Morgan fingerprint density at radius 2 is 1.03 bits per heavy atom. The number of ketones is 2. The van der Waals surface area contributed by atoms with E-state index in [-0.39, 0.29) is 105 Å². The van der Waals surface area contributed by atoms with Crippen molar-refractivity contribution in [3.63, 3.8) is 0 Å². The van der Waals surface area contributed by atoms with E-state index in [1.54, 1.807) is 18.2 Å². The molecule has 0 spiro atoms. The first-order valence-electron chi connectivity index (χ1n) is 24.2. The smallest absolute Gasteiger partial charge is 0.310 e. The zero-order valence-corrected chi connectivity index (χ0v) is 44.6. The molecule has 0 amide bonds. The number of carbonyl (C=O) groups excluding carboxylic acids is 5. The molecule has 0 saturated heterocycles. The van der Waals surface area contributed by atoms with Gasteiger partial charge in [-0.15, -0.1) is 13.2 Å². The predicted molar refractivity (Wildman–Crippen MR) is 278 cm³/mol. The number of para-hydroxylation sites is 1. The fraction of sp³-hybridized carbons (Fsp3) is 0.475. The van der Waals surface area contributed by atoms with Crippen molar-refractivity contribution < 1.29 is 42.9 Å². The van der Waals surface area contributed by atoms with Gasteiger partial charge in [0.25, 0.3) is 0 Å². The predicted octanol–water partition coefficient (Wildman–Crippen LogP) is 14.1. The number of rotatable bonds is 16. The second-order valence-electron chi connectivity index (χ2n) is 21.5. The zero-order chi connectivity index (χ0) is 52.0. The van der Waals surface area contributed by atoms with Crippen LogP contribution in [0.1, 0.15) is 114 Å². The Bertz CT molecular complexity index is 2400. The van der Waals surface area contributed by atoms with E-state index in [1.807, 2.05) is 110 Å². The van der Waals surface area contributed by atoms with E-state index in [4.69, 9.17) is 42.1 Å². The maximum absolute atomic E-state index is 12.5. The standard InChI is InChI=1S/C21H20Cl2O3.2C19H26O3/c1-21(2)17(12-18(22)23)19(21)20(24)25-13-14-7-6-10-16(11-14)26-15-8-4-3-5-9-15;2*1-7-8-13-12(4)16(10-15(13)20)22-18(21)17-14(9-11(2)3)19(17,5)6/h3-12,17,19H,13H2,1-2H3;2*7,9,14,16-17H,1,8,10H2,2-6H3. The van der Waals surface area contributed by atoms with Gasteiger partial charge in [-0.3, -0.25) is 24.0 Å². The zero-order valence-electron chi connectivity index (χ0n) is 43.1. The summed E-state index contributed by atoms with van der Waals surface area (Å²) < 4.78 is 22.8. The molecule has 70 heavy (non-hydrogen) atoms. The van der Waals surface area contributed by atoms with E-state index in [0.717, 1.165) is 33.6 Å². The summed E-state index contributed by atoms with van der Waals surface area (Å²) >= 11 is 11.5. The third kappa shape index (κ3) is 13.4. The molecule has 0 N–H and O–H groups in total. The molecule has 11 heteroatoms. The van der Waals surface area contributed by atoms with Crippen molar-refractivity contribution in [3.8, 4) is 11.5 Å². The first-order valence-corrected chi connectivity index (χ1v) is 24.9. The van der Waals surface area contributed by atoms with Crippen molar-refractivity contribution in [2.24, 2.45) is 51.8 Å². The van der Waals surface area contributed by atoms with Gasteiger partial charge in [0.2, 0.25) is 0 Å². The van der Waals surface area contributed by atoms with Crippen LogP contribution in [0.4, 0.5) is 0 Å². The lowest BCUT2D eigenvalue weighted by Crippen LogP contribution is -2.20. The minimum Gasteiger partial charge on any atom is -0.461 e. The number of halogens is 2. The first-order chi connectivity index (χ1) is 32.8. The van der Waals surface area contributed by atoms with Crippen LogP contribution in [0.2, 0.25) is 0 Å². The maximum Gasteiger partial charge on any atom is 0.310 e. The van der Waals surface area contributed by atoms with Crippen LogP contribution in [0.15, 0.2) is 136 Å². The van der Waals surface area contributed by atoms with Crippen LogP contribution >= 0.6 is 23.2 Å². The molecule has 3 fully saturated rings.